The molecule has 2 aromatic heterocycles. The average molecular weight is 232 g/mol. The Bertz CT molecular complexity index is 478. The molecule has 2 rings (SSSR count). The van der Waals surface area contributed by atoms with Crippen molar-refractivity contribution in [2.75, 3.05) is 5.73 Å². The van der Waals surface area contributed by atoms with Crippen molar-refractivity contribution < 1.29 is 0 Å². The summed E-state index contributed by atoms with van der Waals surface area (Å²) < 4.78 is 1.53. The normalized spacial score (nSPS) is 13.4. The van der Waals surface area contributed by atoms with Gasteiger partial charge in [0.2, 0.25) is 5.95 Å². The van der Waals surface area contributed by atoms with Gasteiger partial charge in [-0.1, -0.05) is 23.2 Å². The smallest absolute Gasteiger partial charge is 0.223 e. The van der Waals surface area contributed by atoms with Crippen LogP contribution in [0.5, 0.6) is 0 Å². The fourth-order valence-corrected chi connectivity index (χ4v) is 1.53. The van der Waals surface area contributed by atoms with Crippen LogP contribution in [0, 0.1) is 0 Å². The zero-order chi connectivity index (χ0) is 10.3. The lowest BCUT2D eigenvalue weighted by atomic mass is 10.4. The molecule has 0 saturated carbocycles. The van der Waals surface area contributed by atoms with Crippen molar-refractivity contribution in [2.24, 2.45) is 0 Å². The zero-order valence-electron chi connectivity index (χ0n) is 7.28. The van der Waals surface area contributed by atoms with E-state index in [1.54, 1.807) is 13.1 Å². The summed E-state index contributed by atoms with van der Waals surface area (Å²) in [6, 6.07) is 0. The minimum Gasteiger partial charge on any atom is -0.368 e. The number of nitrogens with two attached hydrogens (primary N) is 1. The predicted octanol–water partition coefficient (Wildman–Crippen LogP) is 1.82. The number of nitrogen functional groups attached to an aromatic ring is 1. The van der Waals surface area contributed by atoms with E-state index >= 15 is 0 Å². The molecule has 1 unspecified atom stereocenters. The summed E-state index contributed by atoms with van der Waals surface area (Å²) in [5, 5.41) is 4.97. The van der Waals surface area contributed by atoms with Crippen LogP contribution in [0.1, 0.15) is 12.4 Å². The summed E-state index contributed by atoms with van der Waals surface area (Å²) >= 11 is 11.7. The standard InChI is InChI=1S/C7H7Cl2N5/c1-3(8)14-6-4(2-11-14)5(9)12-7(10)13-6/h2-3H,1H3,(H2,10,12,13). The quantitative estimate of drug-likeness (QED) is 0.601. The second-order valence-electron chi connectivity index (χ2n) is 2.77. The number of anilines is 1. The maximum Gasteiger partial charge on any atom is 0.223 e. The minimum atomic E-state index is -0.308. The van der Waals surface area contributed by atoms with Crippen LogP contribution in [0.25, 0.3) is 11.0 Å². The summed E-state index contributed by atoms with van der Waals surface area (Å²) in [5.41, 5.74) is 5.70. The molecule has 2 aromatic rings. The van der Waals surface area contributed by atoms with Crippen LogP contribution in [-0.2, 0) is 0 Å². The van der Waals surface area contributed by atoms with Crippen LogP contribution in [-0.4, -0.2) is 19.7 Å². The summed E-state index contributed by atoms with van der Waals surface area (Å²) in [4.78, 5) is 7.83. The summed E-state index contributed by atoms with van der Waals surface area (Å²) in [6.45, 7) is 1.78. The molecule has 0 aromatic carbocycles. The van der Waals surface area contributed by atoms with Gasteiger partial charge in [0.15, 0.2) is 5.65 Å². The highest BCUT2D eigenvalue weighted by Crippen LogP contribution is 2.23. The fraction of sp³-hybridized carbons (Fsp3) is 0.286. The third kappa shape index (κ3) is 1.38. The lowest BCUT2D eigenvalue weighted by molar-refractivity contribution is 0.650. The third-order valence-corrected chi connectivity index (χ3v) is 2.23. The molecule has 0 spiro atoms. The van der Waals surface area contributed by atoms with Gasteiger partial charge in [-0.15, -0.1) is 0 Å². The molecule has 1 atom stereocenters. The van der Waals surface area contributed by atoms with Crippen LogP contribution in [0.4, 0.5) is 5.95 Å². The molecular weight excluding hydrogens is 225 g/mol. The molecule has 0 radical (unpaired) electrons. The fourth-order valence-electron chi connectivity index (χ4n) is 1.17. The van der Waals surface area contributed by atoms with Gasteiger partial charge in [-0.3, -0.25) is 0 Å². The lowest BCUT2D eigenvalue weighted by Crippen LogP contribution is -2.03. The molecule has 5 nitrogen and oxygen atoms in total. The van der Waals surface area contributed by atoms with Gasteiger partial charge in [-0.05, 0) is 6.92 Å². The van der Waals surface area contributed by atoms with E-state index in [9.17, 15) is 0 Å². The molecule has 2 N–H and O–H groups in total. The van der Waals surface area contributed by atoms with E-state index in [-0.39, 0.29) is 16.6 Å². The average Bonchev–Trinajstić information content (AvgIpc) is 2.47. The molecule has 74 valence electrons. The van der Waals surface area contributed by atoms with E-state index in [2.05, 4.69) is 15.1 Å². The molecule has 7 heteroatoms. The first-order valence-corrected chi connectivity index (χ1v) is 4.71. The Balaban J connectivity index is 2.78. The van der Waals surface area contributed by atoms with Crippen molar-refractivity contribution >= 4 is 40.2 Å². The van der Waals surface area contributed by atoms with Crippen molar-refractivity contribution in [3.8, 4) is 0 Å². The maximum atomic E-state index is 5.88. The first-order chi connectivity index (χ1) is 6.59. The maximum absolute atomic E-state index is 5.88. The monoisotopic (exact) mass is 231 g/mol. The Morgan fingerprint density at radius 1 is 1.50 bits per heavy atom. The molecular formula is C7H7Cl2N5. The van der Waals surface area contributed by atoms with Crippen LogP contribution in [0.15, 0.2) is 6.20 Å². The number of rotatable bonds is 1. The van der Waals surface area contributed by atoms with E-state index in [1.807, 2.05) is 0 Å². The van der Waals surface area contributed by atoms with Gasteiger partial charge in [0.25, 0.3) is 0 Å². The summed E-state index contributed by atoms with van der Waals surface area (Å²) in [7, 11) is 0. The van der Waals surface area contributed by atoms with Gasteiger partial charge < -0.3 is 5.73 Å². The Labute approximate surface area is 89.8 Å². The predicted molar refractivity (Wildman–Crippen MR) is 55.3 cm³/mol. The number of nitrogens with zero attached hydrogens (tertiary/aromatic N) is 4. The number of aromatic nitrogens is 4. The van der Waals surface area contributed by atoms with Gasteiger partial charge in [0, 0.05) is 0 Å². The van der Waals surface area contributed by atoms with Crippen LogP contribution in [0.2, 0.25) is 5.15 Å². The zero-order valence-corrected chi connectivity index (χ0v) is 8.79. The summed E-state index contributed by atoms with van der Waals surface area (Å²) in [6.07, 6.45) is 1.57. The molecule has 0 aliphatic rings. The molecule has 0 bridgehead atoms. The molecule has 0 aliphatic heterocycles. The highest BCUT2D eigenvalue weighted by molar-refractivity contribution is 6.34. The number of fused-ring (bicyclic) bond motifs is 1. The van der Waals surface area contributed by atoms with Gasteiger partial charge in [0.1, 0.15) is 10.7 Å². The topological polar surface area (TPSA) is 69.6 Å². The Morgan fingerprint density at radius 3 is 2.86 bits per heavy atom. The Morgan fingerprint density at radius 2 is 2.21 bits per heavy atom. The number of halogens is 2. The van der Waals surface area contributed by atoms with Gasteiger partial charge in [-0.25, -0.2) is 9.67 Å². The van der Waals surface area contributed by atoms with E-state index in [0.29, 0.717) is 11.0 Å². The highest BCUT2D eigenvalue weighted by Gasteiger charge is 2.12. The molecule has 2 heterocycles. The van der Waals surface area contributed by atoms with Crippen molar-refractivity contribution in [3.05, 3.63) is 11.3 Å². The van der Waals surface area contributed by atoms with Crippen LogP contribution < -0.4 is 5.73 Å². The van der Waals surface area contributed by atoms with Gasteiger partial charge in [-0.2, -0.15) is 10.1 Å². The van der Waals surface area contributed by atoms with E-state index in [0.717, 1.165) is 0 Å². The van der Waals surface area contributed by atoms with Crippen molar-refractivity contribution in [1.82, 2.24) is 19.7 Å². The SMILES string of the molecule is CC(Cl)n1ncc2c(Cl)nc(N)nc21. The lowest BCUT2D eigenvalue weighted by Gasteiger charge is -2.04. The van der Waals surface area contributed by atoms with Gasteiger partial charge >= 0.3 is 0 Å². The van der Waals surface area contributed by atoms with E-state index in [4.69, 9.17) is 28.9 Å². The van der Waals surface area contributed by atoms with Crippen molar-refractivity contribution in [1.29, 1.82) is 0 Å². The first kappa shape index (κ1) is 9.48. The number of hydrogen-bond donors (Lipinski definition) is 1. The van der Waals surface area contributed by atoms with Crippen molar-refractivity contribution in [3.63, 3.8) is 0 Å². The second-order valence-corrected chi connectivity index (χ2v) is 3.76. The Hall–Kier alpha value is -1.07. The van der Waals surface area contributed by atoms with Crippen molar-refractivity contribution in [2.45, 2.75) is 12.4 Å². The minimum absolute atomic E-state index is 0.113. The molecule has 14 heavy (non-hydrogen) atoms. The third-order valence-electron chi connectivity index (χ3n) is 1.76. The first-order valence-electron chi connectivity index (χ1n) is 3.90. The largest absolute Gasteiger partial charge is 0.368 e. The van der Waals surface area contributed by atoms with Crippen LogP contribution >= 0.6 is 23.2 Å². The van der Waals surface area contributed by atoms with Crippen LogP contribution in [0.3, 0.4) is 0 Å². The molecule has 0 saturated heterocycles. The van der Waals surface area contributed by atoms with E-state index in [1.165, 1.54) is 4.68 Å². The molecule has 0 fully saturated rings. The number of alkyl halides is 1. The second kappa shape index (κ2) is 3.25. The van der Waals surface area contributed by atoms with Gasteiger partial charge in [0.05, 0.1) is 11.6 Å². The highest BCUT2D eigenvalue weighted by atomic mass is 35.5. The van der Waals surface area contributed by atoms with E-state index < -0.39 is 0 Å². The molecule has 0 aliphatic carbocycles. The summed E-state index contributed by atoms with van der Waals surface area (Å²) in [5.74, 6) is 0.113. The Kier molecular flexibility index (Phi) is 2.20. The molecule has 0 amide bonds. The number of hydrogen-bond acceptors (Lipinski definition) is 4.